The van der Waals surface area contributed by atoms with E-state index in [1.165, 1.54) is 12.1 Å². The van der Waals surface area contributed by atoms with Gasteiger partial charge in [0.2, 0.25) is 5.95 Å². The summed E-state index contributed by atoms with van der Waals surface area (Å²) in [6.45, 7) is 6.94. The van der Waals surface area contributed by atoms with Crippen molar-refractivity contribution in [3.8, 4) is 5.75 Å². The van der Waals surface area contributed by atoms with E-state index in [9.17, 15) is 0 Å². The smallest absolute Gasteiger partial charge is 0.229 e. The molecule has 8 heteroatoms. The minimum absolute atomic E-state index is 0.304. The predicted molar refractivity (Wildman–Crippen MR) is 139 cm³/mol. The Morgan fingerprint density at radius 1 is 1.06 bits per heavy atom. The number of likely N-dealkylation sites (N-methyl/N-ethyl adjacent to an activating group) is 1. The third-order valence-electron chi connectivity index (χ3n) is 7.72. The minimum atomic E-state index is 0.304. The minimum Gasteiger partial charge on any atom is -0.488 e. The number of benzene rings is 1. The lowest BCUT2D eigenvalue weighted by Gasteiger charge is -2.35. The number of fused-ring (bicyclic) bond motifs is 1. The van der Waals surface area contributed by atoms with Crippen molar-refractivity contribution in [2.45, 2.75) is 44.8 Å². The van der Waals surface area contributed by atoms with E-state index >= 15 is 0 Å². The molecule has 2 aromatic heterocycles. The molecule has 0 amide bonds. The molecule has 3 aliphatic rings. The number of hydrogen-bond acceptors (Lipinski definition) is 7. The summed E-state index contributed by atoms with van der Waals surface area (Å²) in [4.78, 5) is 14.3. The molecule has 0 unspecified atom stereocenters. The van der Waals surface area contributed by atoms with Gasteiger partial charge < -0.3 is 29.2 Å². The van der Waals surface area contributed by atoms with Crippen LogP contribution >= 0.6 is 0 Å². The van der Waals surface area contributed by atoms with Gasteiger partial charge in [-0.15, -0.1) is 0 Å². The van der Waals surface area contributed by atoms with Crippen molar-refractivity contribution in [1.29, 1.82) is 0 Å². The van der Waals surface area contributed by atoms with Gasteiger partial charge in [0.25, 0.3) is 0 Å². The first-order chi connectivity index (χ1) is 17.2. The molecular formula is C27H36N6O2. The Labute approximate surface area is 207 Å². The van der Waals surface area contributed by atoms with Gasteiger partial charge in [-0.2, -0.15) is 4.98 Å². The maximum atomic E-state index is 6.43. The molecule has 1 aromatic carbocycles. The van der Waals surface area contributed by atoms with Crippen LogP contribution < -0.4 is 15.0 Å². The molecule has 6 rings (SSSR count). The third-order valence-corrected chi connectivity index (χ3v) is 7.72. The first-order valence-electron chi connectivity index (χ1n) is 13.1. The fourth-order valence-electron chi connectivity index (χ4n) is 5.15. The Morgan fingerprint density at radius 3 is 2.66 bits per heavy atom. The summed E-state index contributed by atoms with van der Waals surface area (Å²) in [7, 11) is 2.19. The van der Waals surface area contributed by atoms with Crippen LogP contribution in [0.4, 0.5) is 17.3 Å². The Morgan fingerprint density at radius 2 is 1.89 bits per heavy atom. The zero-order chi connectivity index (χ0) is 23.6. The molecule has 4 heterocycles. The van der Waals surface area contributed by atoms with Crippen molar-refractivity contribution in [1.82, 2.24) is 19.4 Å². The number of ether oxygens (including phenoxy) is 2. The van der Waals surface area contributed by atoms with E-state index in [-0.39, 0.29) is 0 Å². The molecule has 1 saturated carbocycles. The van der Waals surface area contributed by atoms with Gasteiger partial charge in [0.1, 0.15) is 11.4 Å². The Hall–Kier alpha value is -2.84. The van der Waals surface area contributed by atoms with Crippen LogP contribution in [-0.2, 0) is 11.3 Å². The van der Waals surface area contributed by atoms with Crippen LogP contribution in [0.1, 0.15) is 32.1 Å². The topological polar surface area (TPSA) is 67.7 Å². The fraction of sp³-hybridized carbons (Fsp3) is 0.556. The monoisotopic (exact) mass is 476 g/mol. The lowest BCUT2D eigenvalue weighted by molar-refractivity contribution is 0.0616. The summed E-state index contributed by atoms with van der Waals surface area (Å²) in [5, 5.41) is 4.54. The van der Waals surface area contributed by atoms with Crippen LogP contribution in [0.25, 0.3) is 11.0 Å². The predicted octanol–water partition coefficient (Wildman–Crippen LogP) is 4.28. The number of nitrogens with zero attached hydrogens (tertiary/aromatic N) is 5. The van der Waals surface area contributed by atoms with Crippen LogP contribution in [-0.4, -0.2) is 72.0 Å². The van der Waals surface area contributed by atoms with E-state index in [1.807, 2.05) is 6.20 Å². The van der Waals surface area contributed by atoms with E-state index in [0.717, 1.165) is 94.1 Å². The van der Waals surface area contributed by atoms with Gasteiger partial charge in [0, 0.05) is 75.5 Å². The lowest BCUT2D eigenvalue weighted by atomic mass is 9.96. The number of rotatable bonds is 7. The second-order valence-electron chi connectivity index (χ2n) is 10.3. The van der Waals surface area contributed by atoms with E-state index < -0.39 is 0 Å². The number of hydrogen-bond donors (Lipinski definition) is 1. The fourth-order valence-corrected chi connectivity index (χ4v) is 5.15. The summed E-state index contributed by atoms with van der Waals surface area (Å²) in [6.07, 6.45) is 10.1. The molecule has 0 radical (unpaired) electrons. The van der Waals surface area contributed by atoms with Gasteiger partial charge >= 0.3 is 0 Å². The van der Waals surface area contributed by atoms with Crippen LogP contribution in [0.5, 0.6) is 5.75 Å². The number of anilines is 3. The molecule has 8 nitrogen and oxygen atoms in total. The van der Waals surface area contributed by atoms with Gasteiger partial charge in [0.15, 0.2) is 0 Å². The van der Waals surface area contributed by atoms with Gasteiger partial charge in [-0.05, 0) is 63.3 Å². The number of nitrogens with one attached hydrogen (secondary N) is 1. The molecule has 3 fully saturated rings. The van der Waals surface area contributed by atoms with E-state index in [1.54, 1.807) is 0 Å². The van der Waals surface area contributed by atoms with Crippen molar-refractivity contribution in [2.75, 3.05) is 56.7 Å². The van der Waals surface area contributed by atoms with Gasteiger partial charge in [0.05, 0.1) is 11.8 Å². The van der Waals surface area contributed by atoms with Crippen molar-refractivity contribution in [3.05, 3.63) is 36.7 Å². The van der Waals surface area contributed by atoms with E-state index in [0.29, 0.717) is 18.0 Å². The molecular weight excluding hydrogens is 440 g/mol. The summed E-state index contributed by atoms with van der Waals surface area (Å²) < 4.78 is 14.2. The quantitative estimate of drug-likeness (QED) is 0.546. The standard InChI is InChI=1S/C27H36N6O2/c1-31-11-13-32(14-12-31)22-5-6-24(25(17-22)35-23-3-2-4-23)29-27-28-18-21-7-10-33(26(21)30-27)19-20-8-15-34-16-9-20/h5-7,10,17-18,20,23H,2-4,8-9,11-16,19H2,1H3,(H,28,29,30). The largest absolute Gasteiger partial charge is 0.488 e. The number of aromatic nitrogens is 3. The molecule has 0 spiro atoms. The maximum absolute atomic E-state index is 6.43. The molecule has 186 valence electrons. The van der Waals surface area contributed by atoms with Crippen LogP contribution in [0.3, 0.4) is 0 Å². The SMILES string of the molecule is CN1CCN(c2ccc(Nc3ncc4ccn(CC5CCOCC5)c4n3)c(OC3CCC3)c2)CC1. The molecule has 35 heavy (non-hydrogen) atoms. The average molecular weight is 477 g/mol. The molecule has 2 saturated heterocycles. The lowest BCUT2D eigenvalue weighted by Crippen LogP contribution is -2.44. The highest BCUT2D eigenvalue weighted by Gasteiger charge is 2.23. The van der Waals surface area contributed by atoms with Gasteiger partial charge in [-0.3, -0.25) is 0 Å². The van der Waals surface area contributed by atoms with Crippen molar-refractivity contribution in [3.63, 3.8) is 0 Å². The highest BCUT2D eigenvalue weighted by molar-refractivity contribution is 5.77. The van der Waals surface area contributed by atoms with Crippen LogP contribution in [0.15, 0.2) is 36.7 Å². The Kier molecular flexibility index (Phi) is 6.48. The molecule has 3 aromatic rings. The third kappa shape index (κ3) is 5.09. The van der Waals surface area contributed by atoms with Gasteiger partial charge in [-0.1, -0.05) is 0 Å². The first kappa shape index (κ1) is 22.6. The average Bonchev–Trinajstić information content (AvgIpc) is 3.25. The number of piperazine rings is 1. The molecule has 0 bridgehead atoms. The second-order valence-corrected chi connectivity index (χ2v) is 10.3. The van der Waals surface area contributed by atoms with E-state index in [4.69, 9.17) is 14.5 Å². The zero-order valence-corrected chi connectivity index (χ0v) is 20.7. The normalized spacial score (nSPS) is 20.2. The highest BCUT2D eigenvalue weighted by Crippen LogP contribution is 2.36. The van der Waals surface area contributed by atoms with Crippen LogP contribution in [0, 0.1) is 5.92 Å². The first-order valence-corrected chi connectivity index (χ1v) is 13.1. The van der Waals surface area contributed by atoms with Crippen molar-refractivity contribution >= 4 is 28.4 Å². The van der Waals surface area contributed by atoms with Crippen molar-refractivity contribution in [2.24, 2.45) is 5.92 Å². The van der Waals surface area contributed by atoms with Crippen LogP contribution in [0.2, 0.25) is 0 Å². The molecule has 2 aliphatic heterocycles. The molecule has 1 aliphatic carbocycles. The summed E-state index contributed by atoms with van der Waals surface area (Å²) in [6, 6.07) is 8.61. The Balaban J connectivity index is 1.24. The Bertz CT molecular complexity index is 1150. The summed E-state index contributed by atoms with van der Waals surface area (Å²) in [5.41, 5.74) is 3.13. The zero-order valence-electron chi connectivity index (χ0n) is 20.7. The second kappa shape index (κ2) is 10.0. The maximum Gasteiger partial charge on any atom is 0.229 e. The molecule has 1 N–H and O–H groups in total. The summed E-state index contributed by atoms with van der Waals surface area (Å²) >= 11 is 0. The van der Waals surface area contributed by atoms with Crippen molar-refractivity contribution < 1.29 is 9.47 Å². The summed E-state index contributed by atoms with van der Waals surface area (Å²) in [5.74, 6) is 2.14. The highest BCUT2D eigenvalue weighted by atomic mass is 16.5. The molecule has 0 atom stereocenters. The van der Waals surface area contributed by atoms with Gasteiger partial charge in [-0.25, -0.2) is 4.98 Å². The van der Waals surface area contributed by atoms with E-state index in [2.05, 4.69) is 62.2 Å².